The third-order valence-electron chi connectivity index (χ3n) is 8.22. The van der Waals surface area contributed by atoms with E-state index in [9.17, 15) is 23.1 Å². The minimum absolute atomic E-state index is 0.0108. The SMILES string of the molecule is CC(C)c1ccnc(C2(C)Nc3nc(C(=O)O)nc(N[C@H](C)C4CCC4)c3N2Cc2ccc(C(F)(F)F)cc2N)c1. The van der Waals surface area contributed by atoms with Gasteiger partial charge >= 0.3 is 12.1 Å². The zero-order valence-electron chi connectivity index (χ0n) is 23.4. The van der Waals surface area contributed by atoms with E-state index in [1.165, 1.54) is 6.07 Å². The van der Waals surface area contributed by atoms with Crippen molar-refractivity contribution < 1.29 is 23.1 Å². The molecule has 5 rings (SSSR count). The first kappa shape index (κ1) is 28.4. The zero-order chi connectivity index (χ0) is 29.7. The Hall–Kier alpha value is -4.09. The van der Waals surface area contributed by atoms with Crippen molar-refractivity contribution in [3.05, 3.63) is 64.7 Å². The van der Waals surface area contributed by atoms with E-state index in [1.54, 1.807) is 6.20 Å². The van der Waals surface area contributed by atoms with Crippen molar-refractivity contribution in [3.63, 3.8) is 0 Å². The summed E-state index contributed by atoms with van der Waals surface area (Å²) in [5, 5.41) is 16.6. The van der Waals surface area contributed by atoms with Crippen LogP contribution in [0, 0.1) is 5.92 Å². The first-order valence-corrected chi connectivity index (χ1v) is 13.7. The Bertz CT molecular complexity index is 1480. The molecule has 2 atom stereocenters. The minimum atomic E-state index is -4.53. The molecule has 9 nitrogen and oxygen atoms in total. The topological polar surface area (TPSA) is 129 Å². The van der Waals surface area contributed by atoms with E-state index in [-0.39, 0.29) is 35.8 Å². The number of hydrogen-bond acceptors (Lipinski definition) is 8. The number of alkyl halides is 3. The molecular formula is C29H34F3N7O2. The number of nitrogens with zero attached hydrogens (tertiary/aromatic N) is 4. The molecular weight excluding hydrogens is 535 g/mol. The van der Waals surface area contributed by atoms with E-state index in [2.05, 4.69) is 39.4 Å². The molecule has 0 saturated heterocycles. The molecule has 12 heteroatoms. The van der Waals surface area contributed by atoms with Crippen LogP contribution in [0.15, 0.2) is 36.5 Å². The van der Waals surface area contributed by atoms with Crippen LogP contribution < -0.4 is 21.3 Å². The lowest BCUT2D eigenvalue weighted by Crippen LogP contribution is -2.46. The molecule has 3 heterocycles. The van der Waals surface area contributed by atoms with Crippen molar-refractivity contribution in [2.45, 2.75) is 77.3 Å². The Balaban J connectivity index is 1.66. The molecule has 1 aliphatic heterocycles. The predicted molar refractivity (Wildman–Crippen MR) is 151 cm³/mol. The maximum Gasteiger partial charge on any atom is 0.416 e. The molecule has 0 spiro atoms. The van der Waals surface area contributed by atoms with Gasteiger partial charge in [-0.25, -0.2) is 14.8 Å². The molecule has 218 valence electrons. The van der Waals surface area contributed by atoms with E-state index in [4.69, 9.17) is 5.73 Å². The van der Waals surface area contributed by atoms with Crippen LogP contribution in [0.25, 0.3) is 0 Å². The Morgan fingerprint density at radius 3 is 2.54 bits per heavy atom. The number of fused-ring (bicyclic) bond motifs is 1. The Morgan fingerprint density at radius 2 is 1.95 bits per heavy atom. The van der Waals surface area contributed by atoms with Gasteiger partial charge in [-0.1, -0.05) is 26.3 Å². The fourth-order valence-electron chi connectivity index (χ4n) is 5.39. The minimum Gasteiger partial charge on any atom is -0.475 e. The normalized spacial score (nSPS) is 19.5. The highest BCUT2D eigenvalue weighted by Crippen LogP contribution is 2.49. The molecule has 3 aromatic rings. The second-order valence-corrected chi connectivity index (χ2v) is 11.3. The van der Waals surface area contributed by atoms with Gasteiger partial charge in [0.25, 0.3) is 0 Å². The van der Waals surface area contributed by atoms with Crippen molar-refractivity contribution in [2.75, 3.05) is 21.3 Å². The van der Waals surface area contributed by atoms with Crippen LogP contribution in [0.4, 0.5) is 36.2 Å². The number of hydrogen-bond donors (Lipinski definition) is 4. The van der Waals surface area contributed by atoms with Gasteiger partial charge in [0, 0.05) is 24.5 Å². The lowest BCUT2D eigenvalue weighted by Gasteiger charge is -2.38. The van der Waals surface area contributed by atoms with Gasteiger partial charge in [-0.2, -0.15) is 13.2 Å². The van der Waals surface area contributed by atoms with Gasteiger partial charge in [0.05, 0.1) is 11.3 Å². The van der Waals surface area contributed by atoms with Crippen molar-refractivity contribution in [1.29, 1.82) is 0 Å². The quantitative estimate of drug-likeness (QED) is 0.234. The van der Waals surface area contributed by atoms with Crippen molar-refractivity contribution in [3.8, 4) is 0 Å². The van der Waals surface area contributed by atoms with E-state index in [0.717, 1.165) is 37.0 Å². The number of nitrogens with two attached hydrogens (primary N) is 1. The van der Waals surface area contributed by atoms with E-state index in [1.807, 2.05) is 30.9 Å². The lowest BCUT2D eigenvalue weighted by molar-refractivity contribution is -0.137. The second-order valence-electron chi connectivity index (χ2n) is 11.3. The third-order valence-corrected chi connectivity index (χ3v) is 8.22. The van der Waals surface area contributed by atoms with Crippen LogP contribution in [0.3, 0.4) is 0 Å². The number of benzene rings is 1. The Labute approximate surface area is 236 Å². The summed E-state index contributed by atoms with van der Waals surface area (Å²) < 4.78 is 40.1. The summed E-state index contributed by atoms with van der Waals surface area (Å²) in [6, 6.07) is 7.20. The van der Waals surface area contributed by atoms with E-state index < -0.39 is 23.4 Å². The van der Waals surface area contributed by atoms with Crippen molar-refractivity contribution in [1.82, 2.24) is 15.0 Å². The number of aromatic nitrogens is 3. The van der Waals surface area contributed by atoms with Crippen LogP contribution in [0.5, 0.6) is 0 Å². The molecule has 0 amide bonds. The molecule has 1 saturated carbocycles. The number of carboxylic acids is 1. The van der Waals surface area contributed by atoms with Gasteiger partial charge in [-0.05, 0) is 73.9 Å². The fourth-order valence-corrected chi connectivity index (χ4v) is 5.39. The number of rotatable bonds is 8. The highest BCUT2D eigenvalue weighted by molar-refractivity contribution is 5.90. The van der Waals surface area contributed by atoms with Crippen molar-refractivity contribution in [2.24, 2.45) is 5.92 Å². The van der Waals surface area contributed by atoms with Crippen LogP contribution >= 0.6 is 0 Å². The summed E-state index contributed by atoms with van der Waals surface area (Å²) >= 11 is 0. The summed E-state index contributed by atoms with van der Waals surface area (Å²) in [4.78, 5) is 27.3. The molecule has 0 radical (unpaired) electrons. The Kier molecular flexibility index (Phi) is 7.20. The van der Waals surface area contributed by atoms with Gasteiger partial charge in [0.1, 0.15) is 5.69 Å². The molecule has 1 aromatic carbocycles. The molecule has 0 bridgehead atoms. The van der Waals surface area contributed by atoms with Gasteiger partial charge in [-0.3, -0.25) is 4.98 Å². The number of nitrogens with one attached hydrogen (secondary N) is 2. The third kappa shape index (κ3) is 5.34. The zero-order valence-corrected chi connectivity index (χ0v) is 23.4. The number of carboxylic acid groups (broad SMARTS) is 1. The fraction of sp³-hybridized carbons (Fsp3) is 0.448. The van der Waals surface area contributed by atoms with Gasteiger partial charge in [0.2, 0.25) is 5.82 Å². The molecule has 41 heavy (non-hydrogen) atoms. The largest absolute Gasteiger partial charge is 0.475 e. The van der Waals surface area contributed by atoms with E-state index >= 15 is 0 Å². The summed E-state index contributed by atoms with van der Waals surface area (Å²) in [7, 11) is 0. The summed E-state index contributed by atoms with van der Waals surface area (Å²) in [6.45, 7) is 8.12. The summed E-state index contributed by atoms with van der Waals surface area (Å²) in [6.07, 6.45) is 0.426. The smallest absolute Gasteiger partial charge is 0.416 e. The molecule has 1 unspecified atom stereocenters. The number of pyridine rings is 1. The molecule has 1 aliphatic carbocycles. The average molecular weight is 570 g/mol. The summed E-state index contributed by atoms with van der Waals surface area (Å²) in [5.41, 5.74) is 6.88. The first-order chi connectivity index (χ1) is 19.3. The average Bonchev–Trinajstić information content (AvgIpc) is 3.15. The van der Waals surface area contributed by atoms with Crippen LogP contribution in [0.2, 0.25) is 0 Å². The lowest BCUT2D eigenvalue weighted by atomic mass is 9.80. The number of anilines is 4. The number of halogens is 3. The highest BCUT2D eigenvalue weighted by atomic mass is 19.4. The van der Waals surface area contributed by atoms with Gasteiger partial charge in [0.15, 0.2) is 17.3 Å². The molecule has 2 aliphatic rings. The number of nitrogen functional groups attached to an aromatic ring is 1. The van der Waals surface area contributed by atoms with Crippen LogP contribution in [-0.4, -0.2) is 32.1 Å². The van der Waals surface area contributed by atoms with Gasteiger partial charge < -0.3 is 26.4 Å². The monoisotopic (exact) mass is 569 g/mol. The van der Waals surface area contributed by atoms with Crippen LogP contribution in [-0.2, 0) is 18.4 Å². The number of aromatic carboxylic acids is 1. The highest BCUT2D eigenvalue weighted by Gasteiger charge is 2.46. The molecule has 1 fully saturated rings. The van der Waals surface area contributed by atoms with E-state index in [0.29, 0.717) is 28.7 Å². The standard InChI is InChI=1S/C29H34F3N7O2/c1-15(2)18-10-11-34-22(12-18)28(4)38-25-23(39(28)14-19-8-9-20(13-21(19)33)29(30,31)32)24(36-26(37-25)27(40)41)35-16(3)17-6-5-7-17/h8-13,15-17H,5-7,14,33H2,1-4H3,(H,40,41)(H2,35,36,37,38)/t16-,28?/m1/s1. The molecule has 5 N–H and O–H groups in total. The van der Waals surface area contributed by atoms with Gasteiger partial charge in [-0.15, -0.1) is 0 Å². The second kappa shape index (κ2) is 10.4. The summed E-state index contributed by atoms with van der Waals surface area (Å²) in [5.74, 6) is -0.415. The first-order valence-electron chi connectivity index (χ1n) is 13.7. The number of carbonyl (C=O) groups is 1. The maximum absolute atomic E-state index is 13.4. The van der Waals surface area contributed by atoms with Crippen LogP contribution in [0.1, 0.15) is 85.9 Å². The molecule has 2 aromatic heterocycles. The maximum atomic E-state index is 13.4. The Morgan fingerprint density at radius 1 is 1.22 bits per heavy atom. The van der Waals surface area contributed by atoms with Crippen molar-refractivity contribution >= 4 is 29.0 Å². The predicted octanol–water partition coefficient (Wildman–Crippen LogP) is 6.20.